The number of hydrazine groups is 1. The molecule has 0 bridgehead atoms. The van der Waals surface area contributed by atoms with Crippen LogP contribution in [0.5, 0.6) is 0 Å². The normalized spacial score (nSPS) is 19.1. The molecular formula is C12H21N3O3. The van der Waals surface area contributed by atoms with Crippen molar-refractivity contribution in [3.05, 3.63) is 0 Å². The van der Waals surface area contributed by atoms with E-state index in [1.165, 1.54) is 7.05 Å². The van der Waals surface area contributed by atoms with Gasteiger partial charge in [-0.1, -0.05) is 13.8 Å². The van der Waals surface area contributed by atoms with Gasteiger partial charge in [-0.15, -0.1) is 0 Å². The highest BCUT2D eigenvalue weighted by atomic mass is 16.2. The maximum atomic E-state index is 12.1. The molecule has 0 spiro atoms. The quantitative estimate of drug-likeness (QED) is 0.687. The monoisotopic (exact) mass is 255 g/mol. The summed E-state index contributed by atoms with van der Waals surface area (Å²) in [5.41, 5.74) is 2.40. The van der Waals surface area contributed by atoms with Crippen LogP contribution in [-0.2, 0) is 14.4 Å². The Morgan fingerprint density at radius 1 is 1.28 bits per heavy atom. The van der Waals surface area contributed by atoms with Gasteiger partial charge in [-0.25, -0.2) is 0 Å². The molecule has 0 saturated carbocycles. The van der Waals surface area contributed by atoms with Gasteiger partial charge in [0.15, 0.2) is 0 Å². The fraction of sp³-hybridized carbons (Fsp3) is 0.750. The highest BCUT2D eigenvalue weighted by Gasteiger charge is 2.39. The molecule has 1 atom stereocenters. The fourth-order valence-corrected chi connectivity index (χ4v) is 2.03. The molecule has 1 rings (SSSR count). The number of hydrogen-bond donors (Lipinski definition) is 1. The Balaban J connectivity index is 2.62. The summed E-state index contributed by atoms with van der Waals surface area (Å²) in [5.74, 6) is -1.70. The van der Waals surface area contributed by atoms with E-state index in [0.717, 1.165) is 17.9 Å². The van der Waals surface area contributed by atoms with Crippen LogP contribution in [0.25, 0.3) is 0 Å². The van der Waals surface area contributed by atoms with Crippen LogP contribution in [0.15, 0.2) is 0 Å². The van der Waals surface area contributed by atoms with Crippen LogP contribution in [0.1, 0.15) is 33.1 Å². The molecule has 0 aromatic carbocycles. The second kappa shape index (κ2) is 6.37. The van der Waals surface area contributed by atoms with Crippen molar-refractivity contribution in [2.75, 3.05) is 20.1 Å². The first kappa shape index (κ1) is 14.5. The smallest absolute Gasteiger partial charge is 0.253 e. The molecule has 102 valence electrons. The molecule has 1 heterocycles. The first-order valence-electron chi connectivity index (χ1n) is 6.37. The van der Waals surface area contributed by atoms with E-state index in [-0.39, 0.29) is 24.1 Å². The molecule has 3 amide bonds. The minimum Gasteiger partial charge on any atom is -0.343 e. The van der Waals surface area contributed by atoms with Gasteiger partial charge in [-0.05, 0) is 12.8 Å². The maximum absolute atomic E-state index is 12.1. The van der Waals surface area contributed by atoms with Crippen molar-refractivity contribution in [3.8, 4) is 0 Å². The first-order valence-corrected chi connectivity index (χ1v) is 6.37. The Hall–Kier alpha value is -1.59. The van der Waals surface area contributed by atoms with Crippen molar-refractivity contribution < 1.29 is 14.4 Å². The van der Waals surface area contributed by atoms with Gasteiger partial charge in [0.2, 0.25) is 5.91 Å². The zero-order valence-corrected chi connectivity index (χ0v) is 11.2. The van der Waals surface area contributed by atoms with Crippen molar-refractivity contribution >= 4 is 17.7 Å². The number of nitrogens with one attached hydrogen (secondary N) is 1. The van der Waals surface area contributed by atoms with E-state index in [2.05, 4.69) is 5.43 Å². The lowest BCUT2D eigenvalue weighted by Crippen LogP contribution is -2.36. The van der Waals surface area contributed by atoms with Crippen molar-refractivity contribution in [1.29, 1.82) is 0 Å². The third-order valence-electron chi connectivity index (χ3n) is 2.94. The molecule has 6 heteroatoms. The molecular weight excluding hydrogens is 234 g/mol. The number of nitrogens with zero attached hydrogens (tertiary/aromatic N) is 2. The summed E-state index contributed by atoms with van der Waals surface area (Å²) < 4.78 is 0. The number of hydrogen-bond acceptors (Lipinski definition) is 3. The highest BCUT2D eigenvalue weighted by Crippen LogP contribution is 2.15. The van der Waals surface area contributed by atoms with Crippen LogP contribution in [0.4, 0.5) is 0 Å². The van der Waals surface area contributed by atoms with Crippen LogP contribution in [-0.4, -0.2) is 47.8 Å². The average molecular weight is 255 g/mol. The van der Waals surface area contributed by atoms with Gasteiger partial charge in [0.25, 0.3) is 11.8 Å². The lowest BCUT2D eigenvalue weighted by molar-refractivity contribution is -0.139. The minimum absolute atomic E-state index is 0.0327. The second-order valence-electron chi connectivity index (χ2n) is 4.51. The van der Waals surface area contributed by atoms with Gasteiger partial charge in [0, 0.05) is 26.6 Å². The molecule has 0 aromatic rings. The van der Waals surface area contributed by atoms with Gasteiger partial charge in [0.1, 0.15) is 5.92 Å². The molecule has 1 aliphatic heterocycles. The Morgan fingerprint density at radius 2 is 1.83 bits per heavy atom. The lowest BCUT2D eigenvalue weighted by Gasteiger charge is -2.22. The number of carbonyl (C=O) groups is 3. The fourth-order valence-electron chi connectivity index (χ4n) is 2.03. The van der Waals surface area contributed by atoms with Crippen molar-refractivity contribution in [2.24, 2.45) is 5.92 Å². The maximum Gasteiger partial charge on any atom is 0.253 e. The predicted octanol–water partition coefficient (Wildman–Crippen LogP) is 0.145. The minimum atomic E-state index is -0.862. The topological polar surface area (TPSA) is 69.7 Å². The van der Waals surface area contributed by atoms with Gasteiger partial charge >= 0.3 is 0 Å². The average Bonchev–Trinajstić information content (AvgIpc) is 2.55. The van der Waals surface area contributed by atoms with Gasteiger partial charge < -0.3 is 4.90 Å². The molecule has 6 nitrogen and oxygen atoms in total. The molecule has 1 aliphatic rings. The molecule has 1 N–H and O–H groups in total. The third-order valence-corrected chi connectivity index (χ3v) is 2.94. The zero-order valence-electron chi connectivity index (χ0n) is 11.2. The van der Waals surface area contributed by atoms with Gasteiger partial charge in [0.05, 0.1) is 0 Å². The largest absolute Gasteiger partial charge is 0.343 e. The second-order valence-corrected chi connectivity index (χ2v) is 4.51. The summed E-state index contributed by atoms with van der Waals surface area (Å²) in [6.07, 6.45) is 1.71. The van der Waals surface area contributed by atoms with Gasteiger partial charge in [-0.2, -0.15) is 0 Å². The molecule has 0 aliphatic carbocycles. The summed E-state index contributed by atoms with van der Waals surface area (Å²) in [4.78, 5) is 37.0. The Morgan fingerprint density at radius 3 is 2.22 bits per heavy atom. The molecule has 1 fully saturated rings. The van der Waals surface area contributed by atoms with E-state index in [1.807, 2.05) is 13.8 Å². The van der Waals surface area contributed by atoms with Crippen LogP contribution in [0.3, 0.4) is 0 Å². The van der Waals surface area contributed by atoms with Crippen molar-refractivity contribution in [3.63, 3.8) is 0 Å². The summed E-state index contributed by atoms with van der Waals surface area (Å²) >= 11 is 0. The van der Waals surface area contributed by atoms with Crippen LogP contribution in [0, 0.1) is 5.92 Å². The SMILES string of the molecule is CCCN(CCC)C(=O)CC1C(=O)NN(C)C1=O. The number of amides is 3. The van der Waals surface area contributed by atoms with E-state index < -0.39 is 5.92 Å². The van der Waals surface area contributed by atoms with E-state index in [1.54, 1.807) is 4.90 Å². The molecule has 0 aromatic heterocycles. The van der Waals surface area contributed by atoms with E-state index in [9.17, 15) is 14.4 Å². The lowest BCUT2D eigenvalue weighted by atomic mass is 10.0. The summed E-state index contributed by atoms with van der Waals surface area (Å²) in [7, 11) is 1.49. The van der Waals surface area contributed by atoms with Crippen molar-refractivity contribution in [2.45, 2.75) is 33.1 Å². The summed E-state index contributed by atoms with van der Waals surface area (Å²) in [6, 6.07) is 0. The molecule has 0 radical (unpaired) electrons. The Kier molecular flexibility index (Phi) is 5.12. The van der Waals surface area contributed by atoms with Crippen molar-refractivity contribution in [1.82, 2.24) is 15.3 Å². The standard InChI is InChI=1S/C12H21N3O3/c1-4-6-15(7-5-2)10(16)8-9-11(17)13-14(3)12(9)18/h9H,4-8H2,1-3H3,(H,13,17). The molecule has 1 unspecified atom stereocenters. The summed E-state index contributed by atoms with van der Waals surface area (Å²) in [5, 5.41) is 1.14. The van der Waals surface area contributed by atoms with Crippen LogP contribution in [0.2, 0.25) is 0 Å². The van der Waals surface area contributed by atoms with Gasteiger partial charge in [-0.3, -0.25) is 24.8 Å². The molecule has 1 saturated heterocycles. The molecule has 18 heavy (non-hydrogen) atoms. The third kappa shape index (κ3) is 3.21. The number of carbonyl (C=O) groups excluding carboxylic acids is 3. The zero-order chi connectivity index (χ0) is 13.7. The number of rotatable bonds is 6. The Bertz CT molecular complexity index is 337. The first-order chi connectivity index (χ1) is 8.51. The highest BCUT2D eigenvalue weighted by molar-refractivity contribution is 6.07. The predicted molar refractivity (Wildman–Crippen MR) is 66.2 cm³/mol. The summed E-state index contributed by atoms with van der Waals surface area (Å²) in [6.45, 7) is 5.34. The van der Waals surface area contributed by atoms with E-state index in [0.29, 0.717) is 13.1 Å². The van der Waals surface area contributed by atoms with Crippen LogP contribution < -0.4 is 5.43 Å². The Labute approximate surface area is 107 Å². The van der Waals surface area contributed by atoms with E-state index >= 15 is 0 Å². The van der Waals surface area contributed by atoms with E-state index in [4.69, 9.17) is 0 Å². The van der Waals surface area contributed by atoms with Crippen LogP contribution >= 0.6 is 0 Å².